The van der Waals surface area contributed by atoms with Gasteiger partial charge in [-0.05, 0) is 32.1 Å². The van der Waals surface area contributed by atoms with E-state index in [1.54, 1.807) is 0 Å². The van der Waals surface area contributed by atoms with Crippen molar-refractivity contribution in [3.63, 3.8) is 0 Å². The summed E-state index contributed by atoms with van der Waals surface area (Å²) in [5.41, 5.74) is 0. The minimum absolute atomic E-state index is 0.240. The molecule has 2 saturated heterocycles. The molecule has 3 aliphatic rings. The van der Waals surface area contributed by atoms with Crippen molar-refractivity contribution in [3.05, 3.63) is 0 Å². The molecule has 3 heteroatoms. The average Bonchev–Trinajstić information content (AvgIpc) is 2.92. The van der Waals surface area contributed by atoms with E-state index in [0.29, 0.717) is 24.3 Å². The molecule has 1 aliphatic carbocycles. The maximum absolute atomic E-state index is 9.02. The molecule has 3 fully saturated rings. The zero-order valence-corrected chi connectivity index (χ0v) is 8.98. The van der Waals surface area contributed by atoms with Crippen LogP contribution in [0.25, 0.3) is 0 Å². The summed E-state index contributed by atoms with van der Waals surface area (Å²) in [5.74, 6) is 0.240. The largest absolute Gasteiger partial charge is 0.373 e. The number of hydrogen-bond donors (Lipinski definition) is 1. The Morgan fingerprint density at radius 1 is 1.13 bits per heavy atom. The van der Waals surface area contributed by atoms with Gasteiger partial charge in [-0.3, -0.25) is 0 Å². The molecule has 2 heterocycles. The van der Waals surface area contributed by atoms with Gasteiger partial charge >= 0.3 is 0 Å². The monoisotopic (exact) mass is 206 g/mol. The van der Waals surface area contributed by atoms with Gasteiger partial charge in [0.05, 0.1) is 24.2 Å². The van der Waals surface area contributed by atoms with Gasteiger partial charge in [0.15, 0.2) is 0 Å². The lowest BCUT2D eigenvalue weighted by molar-refractivity contribution is 0.0956. The topological polar surface area (TPSA) is 45.0 Å². The normalized spacial score (nSPS) is 48.3. The molecule has 0 aromatic carbocycles. The Balaban J connectivity index is 1.59. The Hall–Kier alpha value is -0.590. The summed E-state index contributed by atoms with van der Waals surface area (Å²) in [6, 6.07) is 3.39. The Kier molecular flexibility index (Phi) is 2.42. The molecule has 3 rings (SSSR count). The number of fused-ring (bicyclic) bond motifs is 2. The zero-order chi connectivity index (χ0) is 10.3. The van der Waals surface area contributed by atoms with Crippen molar-refractivity contribution < 1.29 is 4.74 Å². The molecule has 15 heavy (non-hydrogen) atoms. The highest BCUT2D eigenvalue weighted by molar-refractivity contribution is 5.01. The maximum Gasteiger partial charge on any atom is 0.0733 e. The van der Waals surface area contributed by atoms with Crippen molar-refractivity contribution in [2.75, 3.05) is 0 Å². The van der Waals surface area contributed by atoms with E-state index in [0.717, 1.165) is 6.42 Å². The van der Waals surface area contributed by atoms with E-state index in [-0.39, 0.29) is 5.92 Å². The predicted molar refractivity (Wildman–Crippen MR) is 56.2 cm³/mol. The van der Waals surface area contributed by atoms with E-state index in [1.807, 2.05) is 0 Å². The molecule has 0 amide bonds. The van der Waals surface area contributed by atoms with Crippen LogP contribution in [0.4, 0.5) is 0 Å². The third-order valence-corrected chi connectivity index (χ3v) is 4.22. The van der Waals surface area contributed by atoms with Crippen LogP contribution in [-0.4, -0.2) is 24.3 Å². The quantitative estimate of drug-likeness (QED) is 0.746. The van der Waals surface area contributed by atoms with Gasteiger partial charge in [0.1, 0.15) is 0 Å². The summed E-state index contributed by atoms with van der Waals surface area (Å²) >= 11 is 0. The van der Waals surface area contributed by atoms with Crippen molar-refractivity contribution in [2.45, 2.75) is 62.8 Å². The summed E-state index contributed by atoms with van der Waals surface area (Å²) in [6.07, 6.45) is 8.03. The van der Waals surface area contributed by atoms with Gasteiger partial charge in [-0.15, -0.1) is 0 Å². The number of ether oxygens (including phenoxy) is 1. The minimum atomic E-state index is 0.240. The molecule has 0 radical (unpaired) electrons. The number of rotatable bonds is 2. The van der Waals surface area contributed by atoms with Crippen LogP contribution in [0.2, 0.25) is 0 Å². The lowest BCUT2D eigenvalue weighted by Crippen LogP contribution is -2.45. The summed E-state index contributed by atoms with van der Waals surface area (Å²) < 4.78 is 5.82. The smallest absolute Gasteiger partial charge is 0.0733 e. The van der Waals surface area contributed by atoms with Gasteiger partial charge in [0.25, 0.3) is 0 Å². The third kappa shape index (κ3) is 1.66. The van der Waals surface area contributed by atoms with Crippen molar-refractivity contribution in [3.8, 4) is 6.07 Å². The first-order valence-electron chi connectivity index (χ1n) is 6.18. The van der Waals surface area contributed by atoms with Gasteiger partial charge < -0.3 is 10.1 Å². The summed E-state index contributed by atoms with van der Waals surface area (Å²) in [5, 5.41) is 12.7. The molecule has 5 unspecified atom stereocenters. The Labute approximate surface area is 90.8 Å². The van der Waals surface area contributed by atoms with E-state index < -0.39 is 0 Å². The number of nitrogens with one attached hydrogen (secondary N) is 1. The molecule has 0 aromatic rings. The van der Waals surface area contributed by atoms with Gasteiger partial charge in [0, 0.05) is 12.1 Å². The fourth-order valence-corrected chi connectivity index (χ4v) is 3.40. The minimum Gasteiger partial charge on any atom is -0.373 e. The van der Waals surface area contributed by atoms with E-state index in [9.17, 15) is 0 Å². The van der Waals surface area contributed by atoms with Crippen LogP contribution in [0.1, 0.15) is 38.5 Å². The molecule has 3 nitrogen and oxygen atoms in total. The van der Waals surface area contributed by atoms with Crippen LogP contribution in [0.3, 0.4) is 0 Å². The molecular weight excluding hydrogens is 188 g/mol. The molecule has 0 spiro atoms. The fraction of sp³-hybridized carbons (Fsp3) is 0.917. The lowest BCUT2D eigenvalue weighted by atomic mass is 9.93. The molecule has 1 saturated carbocycles. The second-order valence-corrected chi connectivity index (χ2v) is 5.16. The summed E-state index contributed by atoms with van der Waals surface area (Å²) in [6.45, 7) is 0. The van der Waals surface area contributed by atoms with Crippen LogP contribution >= 0.6 is 0 Å². The van der Waals surface area contributed by atoms with Crippen molar-refractivity contribution >= 4 is 0 Å². The molecular formula is C12H18N2O. The van der Waals surface area contributed by atoms with Crippen LogP contribution in [-0.2, 0) is 4.74 Å². The average molecular weight is 206 g/mol. The Bertz CT molecular complexity index is 286. The first-order valence-corrected chi connectivity index (χ1v) is 6.18. The summed E-state index contributed by atoms with van der Waals surface area (Å²) in [7, 11) is 0. The van der Waals surface area contributed by atoms with Crippen LogP contribution in [0.5, 0.6) is 0 Å². The number of nitrogens with zero attached hydrogens (tertiary/aromatic N) is 1. The summed E-state index contributed by atoms with van der Waals surface area (Å²) in [4.78, 5) is 0. The molecule has 0 aromatic heterocycles. The Morgan fingerprint density at radius 3 is 2.73 bits per heavy atom. The standard InChI is InChI=1S/C12H18N2O/c13-7-8-2-1-3-10(8)14-11-6-9-4-5-12(11)15-9/h8-12,14H,1-6H2. The van der Waals surface area contributed by atoms with E-state index in [1.165, 1.54) is 32.1 Å². The number of nitriles is 1. The maximum atomic E-state index is 9.02. The molecule has 2 bridgehead atoms. The van der Waals surface area contributed by atoms with Crippen molar-refractivity contribution in [2.24, 2.45) is 5.92 Å². The molecule has 1 N–H and O–H groups in total. The van der Waals surface area contributed by atoms with E-state index in [4.69, 9.17) is 10.00 Å². The van der Waals surface area contributed by atoms with Crippen LogP contribution in [0, 0.1) is 17.2 Å². The van der Waals surface area contributed by atoms with Crippen molar-refractivity contribution in [1.29, 1.82) is 5.26 Å². The highest BCUT2D eigenvalue weighted by Crippen LogP contribution is 2.36. The van der Waals surface area contributed by atoms with Gasteiger partial charge in [-0.1, -0.05) is 6.42 Å². The van der Waals surface area contributed by atoms with Crippen LogP contribution in [0.15, 0.2) is 0 Å². The van der Waals surface area contributed by atoms with E-state index in [2.05, 4.69) is 11.4 Å². The molecule has 82 valence electrons. The lowest BCUT2D eigenvalue weighted by Gasteiger charge is -2.25. The highest BCUT2D eigenvalue weighted by atomic mass is 16.5. The predicted octanol–water partition coefficient (Wildman–Crippen LogP) is 1.59. The zero-order valence-electron chi connectivity index (χ0n) is 8.98. The third-order valence-electron chi connectivity index (χ3n) is 4.22. The van der Waals surface area contributed by atoms with Crippen molar-refractivity contribution in [1.82, 2.24) is 5.32 Å². The second-order valence-electron chi connectivity index (χ2n) is 5.16. The second kappa shape index (κ2) is 3.77. The highest BCUT2D eigenvalue weighted by Gasteiger charge is 2.42. The first-order chi connectivity index (χ1) is 7.36. The van der Waals surface area contributed by atoms with Gasteiger partial charge in [0.2, 0.25) is 0 Å². The SMILES string of the molecule is N#CC1CCCC1NC1CC2CCC1O2. The molecule has 2 aliphatic heterocycles. The van der Waals surface area contributed by atoms with E-state index >= 15 is 0 Å². The van der Waals surface area contributed by atoms with Gasteiger partial charge in [-0.2, -0.15) is 5.26 Å². The number of hydrogen-bond acceptors (Lipinski definition) is 3. The van der Waals surface area contributed by atoms with Crippen LogP contribution < -0.4 is 5.32 Å². The Morgan fingerprint density at radius 2 is 2.07 bits per heavy atom. The molecule has 5 atom stereocenters. The first kappa shape index (κ1) is 9.62. The van der Waals surface area contributed by atoms with Gasteiger partial charge in [-0.25, -0.2) is 0 Å². The fourth-order valence-electron chi connectivity index (χ4n) is 3.40.